The summed E-state index contributed by atoms with van der Waals surface area (Å²) in [5, 5.41) is 0. The summed E-state index contributed by atoms with van der Waals surface area (Å²) in [6.45, 7) is 0.807. The fourth-order valence-electron chi connectivity index (χ4n) is 3.10. The molecule has 6 heteroatoms. The van der Waals surface area contributed by atoms with Gasteiger partial charge in [0.1, 0.15) is 11.5 Å². The van der Waals surface area contributed by atoms with Crippen LogP contribution in [0.25, 0.3) is 0 Å². The first-order chi connectivity index (χ1) is 15.1. The zero-order valence-corrected chi connectivity index (χ0v) is 18.0. The highest BCUT2D eigenvalue weighted by molar-refractivity contribution is 5.78. The van der Waals surface area contributed by atoms with Gasteiger partial charge in [0.05, 0.1) is 21.3 Å². The van der Waals surface area contributed by atoms with Crippen molar-refractivity contribution in [2.24, 2.45) is 0 Å². The van der Waals surface area contributed by atoms with Gasteiger partial charge in [-0.2, -0.15) is 0 Å². The lowest BCUT2D eigenvalue weighted by Crippen LogP contribution is -2.34. The molecular formula is C25H27NO5. The van der Waals surface area contributed by atoms with Gasteiger partial charge in [-0.25, -0.2) is 0 Å². The zero-order chi connectivity index (χ0) is 22.1. The van der Waals surface area contributed by atoms with E-state index < -0.39 is 0 Å². The first-order valence-electron chi connectivity index (χ1n) is 9.92. The molecule has 0 aromatic heterocycles. The van der Waals surface area contributed by atoms with Crippen molar-refractivity contribution in [3.63, 3.8) is 0 Å². The molecule has 0 aliphatic carbocycles. The summed E-state index contributed by atoms with van der Waals surface area (Å²) in [7, 11) is 4.83. The summed E-state index contributed by atoms with van der Waals surface area (Å²) in [6, 6.07) is 22.6. The van der Waals surface area contributed by atoms with E-state index >= 15 is 0 Å². The average Bonchev–Trinajstić information content (AvgIpc) is 2.83. The standard InChI is InChI=1S/C25H27NO5/c1-28-21-12-8-19(9-13-21)16-26(17-20-10-14-22(29-2)15-11-20)25(27)18-31-24-7-5-4-6-23(24)30-3/h4-15H,16-18H2,1-3H3. The molecule has 0 saturated carbocycles. The predicted octanol–water partition coefficient (Wildman–Crippen LogP) is 4.32. The van der Waals surface area contributed by atoms with Crippen molar-refractivity contribution in [2.75, 3.05) is 27.9 Å². The average molecular weight is 421 g/mol. The van der Waals surface area contributed by atoms with Gasteiger partial charge in [0.25, 0.3) is 5.91 Å². The Morgan fingerprint density at radius 1 is 0.677 bits per heavy atom. The fraction of sp³-hybridized carbons (Fsp3) is 0.240. The van der Waals surface area contributed by atoms with E-state index in [-0.39, 0.29) is 12.5 Å². The van der Waals surface area contributed by atoms with Gasteiger partial charge < -0.3 is 23.8 Å². The maximum atomic E-state index is 13.1. The van der Waals surface area contributed by atoms with Crippen LogP contribution in [0.5, 0.6) is 23.0 Å². The van der Waals surface area contributed by atoms with Crippen LogP contribution in [0.4, 0.5) is 0 Å². The van der Waals surface area contributed by atoms with Crippen LogP contribution in [0.15, 0.2) is 72.8 Å². The number of hydrogen-bond acceptors (Lipinski definition) is 5. The topological polar surface area (TPSA) is 57.2 Å². The summed E-state index contributed by atoms with van der Waals surface area (Å²) in [5.74, 6) is 2.55. The Morgan fingerprint density at radius 3 is 1.61 bits per heavy atom. The highest BCUT2D eigenvalue weighted by atomic mass is 16.5. The van der Waals surface area contributed by atoms with Crippen LogP contribution in [0.3, 0.4) is 0 Å². The van der Waals surface area contributed by atoms with Gasteiger partial charge in [-0.05, 0) is 47.5 Å². The highest BCUT2D eigenvalue weighted by Gasteiger charge is 2.17. The quantitative estimate of drug-likeness (QED) is 0.488. The largest absolute Gasteiger partial charge is 0.497 e. The number of ether oxygens (including phenoxy) is 4. The summed E-state index contributed by atoms with van der Waals surface area (Å²) in [5.41, 5.74) is 2.00. The molecule has 162 valence electrons. The van der Waals surface area contributed by atoms with Crippen molar-refractivity contribution in [1.29, 1.82) is 0 Å². The molecule has 0 radical (unpaired) electrons. The molecule has 6 nitrogen and oxygen atoms in total. The molecule has 0 unspecified atom stereocenters. The Balaban J connectivity index is 1.74. The molecule has 0 saturated heterocycles. The van der Waals surface area contributed by atoms with Gasteiger partial charge in [0, 0.05) is 13.1 Å². The number of benzene rings is 3. The third-order valence-corrected chi connectivity index (χ3v) is 4.84. The first kappa shape index (κ1) is 22.0. The van der Waals surface area contributed by atoms with E-state index in [1.165, 1.54) is 0 Å². The Kier molecular flexibility index (Phi) is 7.76. The Bertz CT molecular complexity index is 920. The maximum Gasteiger partial charge on any atom is 0.261 e. The molecule has 3 aromatic carbocycles. The second-order valence-corrected chi connectivity index (χ2v) is 6.89. The maximum absolute atomic E-state index is 13.1. The summed E-state index contributed by atoms with van der Waals surface area (Å²) >= 11 is 0. The van der Waals surface area contributed by atoms with Gasteiger partial charge >= 0.3 is 0 Å². The molecule has 3 aromatic rings. The molecule has 0 fully saturated rings. The second-order valence-electron chi connectivity index (χ2n) is 6.89. The van der Waals surface area contributed by atoms with Crippen LogP contribution < -0.4 is 18.9 Å². The van der Waals surface area contributed by atoms with E-state index in [2.05, 4.69) is 0 Å². The van der Waals surface area contributed by atoms with Gasteiger partial charge in [0.2, 0.25) is 0 Å². The van der Waals surface area contributed by atoms with Gasteiger partial charge in [0.15, 0.2) is 18.1 Å². The molecule has 0 heterocycles. The fourth-order valence-corrected chi connectivity index (χ4v) is 3.10. The second kappa shape index (κ2) is 10.9. The summed E-state index contributed by atoms with van der Waals surface area (Å²) in [4.78, 5) is 14.8. The predicted molar refractivity (Wildman–Crippen MR) is 119 cm³/mol. The molecule has 0 atom stereocenters. The van der Waals surface area contributed by atoms with Crippen LogP contribution in [-0.2, 0) is 17.9 Å². The van der Waals surface area contributed by atoms with E-state index in [9.17, 15) is 4.79 Å². The summed E-state index contributed by atoms with van der Waals surface area (Å²) < 4.78 is 21.5. The van der Waals surface area contributed by atoms with Crippen LogP contribution in [-0.4, -0.2) is 38.7 Å². The van der Waals surface area contributed by atoms with Gasteiger partial charge in [-0.1, -0.05) is 36.4 Å². The molecule has 3 rings (SSSR count). The Hall–Kier alpha value is -3.67. The molecular weight excluding hydrogens is 394 g/mol. The number of carbonyl (C=O) groups excluding carboxylic acids is 1. The minimum Gasteiger partial charge on any atom is -0.497 e. The van der Waals surface area contributed by atoms with E-state index in [0.29, 0.717) is 24.6 Å². The molecule has 31 heavy (non-hydrogen) atoms. The zero-order valence-electron chi connectivity index (χ0n) is 18.0. The van der Waals surface area contributed by atoms with Crippen molar-refractivity contribution in [3.05, 3.63) is 83.9 Å². The van der Waals surface area contributed by atoms with E-state index in [4.69, 9.17) is 18.9 Å². The number of methoxy groups -OCH3 is 3. The Labute approximate surface area is 182 Å². The minimum atomic E-state index is -0.127. The lowest BCUT2D eigenvalue weighted by molar-refractivity contribution is -0.134. The third-order valence-electron chi connectivity index (χ3n) is 4.84. The number of nitrogens with zero attached hydrogens (tertiary/aromatic N) is 1. The monoisotopic (exact) mass is 421 g/mol. The van der Waals surface area contributed by atoms with Crippen molar-refractivity contribution in [3.8, 4) is 23.0 Å². The van der Waals surface area contributed by atoms with Crippen molar-refractivity contribution >= 4 is 5.91 Å². The lowest BCUT2D eigenvalue weighted by atomic mass is 10.1. The van der Waals surface area contributed by atoms with Crippen LogP contribution in [0.2, 0.25) is 0 Å². The van der Waals surface area contributed by atoms with E-state index in [1.807, 2.05) is 60.7 Å². The highest BCUT2D eigenvalue weighted by Crippen LogP contribution is 2.26. The summed E-state index contributed by atoms with van der Waals surface area (Å²) in [6.07, 6.45) is 0. The normalized spacial score (nSPS) is 10.3. The smallest absolute Gasteiger partial charge is 0.261 e. The number of para-hydroxylation sites is 2. The number of rotatable bonds is 10. The molecule has 0 bridgehead atoms. The van der Waals surface area contributed by atoms with Crippen molar-refractivity contribution in [1.82, 2.24) is 4.90 Å². The SMILES string of the molecule is COc1ccc(CN(Cc2ccc(OC)cc2)C(=O)COc2ccccc2OC)cc1. The van der Waals surface area contributed by atoms with Crippen molar-refractivity contribution < 1.29 is 23.7 Å². The van der Waals surface area contributed by atoms with Crippen molar-refractivity contribution in [2.45, 2.75) is 13.1 Å². The van der Waals surface area contributed by atoms with Crippen LogP contribution in [0, 0.1) is 0 Å². The number of hydrogen-bond donors (Lipinski definition) is 0. The van der Waals surface area contributed by atoms with Crippen LogP contribution in [0.1, 0.15) is 11.1 Å². The molecule has 0 aliphatic rings. The number of amides is 1. The van der Waals surface area contributed by atoms with E-state index in [1.54, 1.807) is 38.4 Å². The minimum absolute atomic E-state index is 0.0906. The molecule has 0 aliphatic heterocycles. The Morgan fingerprint density at radius 2 is 1.16 bits per heavy atom. The van der Waals surface area contributed by atoms with E-state index in [0.717, 1.165) is 22.6 Å². The first-order valence-corrected chi connectivity index (χ1v) is 9.92. The van der Waals surface area contributed by atoms with Crippen LogP contribution >= 0.6 is 0 Å². The molecule has 0 N–H and O–H groups in total. The van der Waals surface area contributed by atoms with Gasteiger partial charge in [-0.15, -0.1) is 0 Å². The molecule has 1 amide bonds. The third kappa shape index (κ3) is 6.15. The molecule has 0 spiro atoms. The van der Waals surface area contributed by atoms with Gasteiger partial charge in [-0.3, -0.25) is 4.79 Å². The lowest BCUT2D eigenvalue weighted by Gasteiger charge is -2.23. The number of carbonyl (C=O) groups is 1.